The van der Waals surface area contributed by atoms with E-state index in [9.17, 15) is 0 Å². The molecule has 3 heteroatoms. The fraction of sp³-hybridized carbons (Fsp3) is 0.188. The van der Waals surface area contributed by atoms with Gasteiger partial charge >= 0.3 is 0 Å². The van der Waals surface area contributed by atoms with Crippen molar-refractivity contribution in [3.05, 3.63) is 54.1 Å². The van der Waals surface area contributed by atoms with Crippen molar-refractivity contribution in [3.63, 3.8) is 0 Å². The lowest BCUT2D eigenvalue weighted by atomic mass is 10.1. The Labute approximate surface area is 130 Å². The minimum absolute atomic E-state index is 0. The maximum Gasteiger partial charge on any atom is 0.289 e. The Hall–Kier alpha value is -1.36. The van der Waals surface area contributed by atoms with E-state index in [-0.39, 0.29) is 24.0 Å². The number of aromatic nitrogens is 2. The number of fused-ring (bicyclic) bond motifs is 1. The third-order valence-electron chi connectivity index (χ3n) is 3.55. The molecule has 0 aliphatic rings. The number of benzene rings is 2. The maximum absolute atomic E-state index is 2.25. The molecular formula is C16H17IN2. The summed E-state index contributed by atoms with van der Waals surface area (Å²) < 4.78 is 4.50. The molecule has 3 aromatic rings. The topological polar surface area (TPSA) is 8.81 Å². The van der Waals surface area contributed by atoms with E-state index in [0.717, 1.165) is 0 Å². The van der Waals surface area contributed by atoms with Crippen LogP contribution in [0.25, 0.3) is 22.4 Å². The van der Waals surface area contributed by atoms with Crippen molar-refractivity contribution in [2.75, 3.05) is 0 Å². The molecule has 0 aliphatic heterocycles. The zero-order valence-corrected chi connectivity index (χ0v) is 13.5. The summed E-state index contributed by atoms with van der Waals surface area (Å²) in [5.74, 6) is 1.23. The van der Waals surface area contributed by atoms with Gasteiger partial charge < -0.3 is 24.0 Å². The standard InChI is InChI=1S/C16H17N2.HI/c1-12-8-10-13(11-9-12)16-17(2)14-6-4-5-7-15(14)18(16)3;/h4-11H,1-3H3;1H/q+1;/p-1. The summed E-state index contributed by atoms with van der Waals surface area (Å²) in [5, 5.41) is 0. The van der Waals surface area contributed by atoms with Crippen molar-refractivity contribution in [3.8, 4) is 11.4 Å². The van der Waals surface area contributed by atoms with Crippen LogP contribution in [-0.2, 0) is 14.1 Å². The van der Waals surface area contributed by atoms with Crippen LogP contribution in [0.4, 0.5) is 0 Å². The Morgan fingerprint density at radius 2 is 1.58 bits per heavy atom. The highest BCUT2D eigenvalue weighted by molar-refractivity contribution is 5.75. The summed E-state index contributed by atoms with van der Waals surface area (Å²) in [6.07, 6.45) is 0. The minimum atomic E-state index is 0. The van der Waals surface area contributed by atoms with Crippen LogP contribution in [0, 0.1) is 6.92 Å². The molecule has 0 radical (unpaired) electrons. The van der Waals surface area contributed by atoms with Crippen LogP contribution in [0.5, 0.6) is 0 Å². The minimum Gasteiger partial charge on any atom is -1.00 e. The molecule has 0 spiro atoms. The van der Waals surface area contributed by atoms with Crippen LogP contribution >= 0.6 is 0 Å². The largest absolute Gasteiger partial charge is 1.00 e. The van der Waals surface area contributed by atoms with E-state index in [1.165, 1.54) is 28.0 Å². The average molecular weight is 364 g/mol. The third-order valence-corrected chi connectivity index (χ3v) is 3.55. The van der Waals surface area contributed by atoms with Crippen LogP contribution in [-0.4, -0.2) is 4.57 Å². The van der Waals surface area contributed by atoms with Gasteiger partial charge in [-0.25, -0.2) is 9.13 Å². The smallest absolute Gasteiger partial charge is 0.289 e. The van der Waals surface area contributed by atoms with E-state index in [4.69, 9.17) is 0 Å². The molecule has 0 atom stereocenters. The first-order valence-corrected chi connectivity index (χ1v) is 6.19. The van der Waals surface area contributed by atoms with Crippen LogP contribution < -0.4 is 28.5 Å². The third kappa shape index (κ3) is 2.27. The van der Waals surface area contributed by atoms with Crippen molar-refractivity contribution in [1.82, 2.24) is 4.57 Å². The Bertz CT molecular complexity index is 672. The number of hydrogen-bond donors (Lipinski definition) is 0. The second-order valence-corrected chi connectivity index (χ2v) is 4.80. The highest BCUT2D eigenvalue weighted by Crippen LogP contribution is 2.21. The number of para-hydroxylation sites is 2. The quantitative estimate of drug-likeness (QED) is 0.424. The van der Waals surface area contributed by atoms with E-state index in [1.54, 1.807) is 0 Å². The number of rotatable bonds is 1. The van der Waals surface area contributed by atoms with Crippen LogP contribution in [0.1, 0.15) is 5.56 Å². The summed E-state index contributed by atoms with van der Waals surface area (Å²) in [7, 11) is 4.25. The second-order valence-electron chi connectivity index (χ2n) is 4.80. The van der Waals surface area contributed by atoms with E-state index in [1.807, 2.05) is 0 Å². The summed E-state index contributed by atoms with van der Waals surface area (Å²) in [6.45, 7) is 2.12. The van der Waals surface area contributed by atoms with Gasteiger partial charge in [-0.2, -0.15) is 0 Å². The highest BCUT2D eigenvalue weighted by atomic mass is 127. The van der Waals surface area contributed by atoms with Gasteiger partial charge in [0.25, 0.3) is 5.82 Å². The van der Waals surface area contributed by atoms with Gasteiger partial charge in [-0.15, -0.1) is 0 Å². The fourth-order valence-corrected chi connectivity index (χ4v) is 2.57. The van der Waals surface area contributed by atoms with Crippen LogP contribution in [0.3, 0.4) is 0 Å². The van der Waals surface area contributed by atoms with Gasteiger partial charge in [0.05, 0.1) is 19.7 Å². The number of imidazole rings is 1. The molecule has 19 heavy (non-hydrogen) atoms. The molecule has 98 valence electrons. The zero-order valence-electron chi connectivity index (χ0n) is 11.4. The van der Waals surface area contributed by atoms with Gasteiger partial charge in [0.15, 0.2) is 11.0 Å². The predicted octanol–water partition coefficient (Wildman–Crippen LogP) is -0.0178. The molecule has 1 heterocycles. The van der Waals surface area contributed by atoms with Gasteiger partial charge in [0.2, 0.25) is 0 Å². The first kappa shape index (κ1) is 14.1. The average Bonchev–Trinajstić information content (AvgIpc) is 2.64. The molecule has 1 aromatic heterocycles. The Morgan fingerprint density at radius 1 is 0.947 bits per heavy atom. The van der Waals surface area contributed by atoms with Crippen molar-refractivity contribution in [1.29, 1.82) is 0 Å². The van der Waals surface area contributed by atoms with Crippen molar-refractivity contribution in [2.45, 2.75) is 6.92 Å². The molecule has 2 nitrogen and oxygen atoms in total. The Balaban J connectivity index is 0.00000133. The number of aryl methyl sites for hydroxylation is 3. The molecular weight excluding hydrogens is 347 g/mol. The monoisotopic (exact) mass is 364 g/mol. The first-order valence-electron chi connectivity index (χ1n) is 6.19. The molecule has 0 saturated carbocycles. The summed E-state index contributed by atoms with van der Waals surface area (Å²) >= 11 is 0. The summed E-state index contributed by atoms with van der Waals surface area (Å²) in [4.78, 5) is 0. The van der Waals surface area contributed by atoms with E-state index >= 15 is 0 Å². The highest BCUT2D eigenvalue weighted by Gasteiger charge is 2.20. The molecule has 0 saturated heterocycles. The van der Waals surface area contributed by atoms with Gasteiger partial charge in [-0.05, 0) is 31.2 Å². The van der Waals surface area contributed by atoms with E-state index < -0.39 is 0 Å². The zero-order chi connectivity index (χ0) is 12.7. The van der Waals surface area contributed by atoms with E-state index in [0.29, 0.717) is 0 Å². The Kier molecular flexibility index (Phi) is 3.94. The number of hydrogen-bond acceptors (Lipinski definition) is 0. The molecule has 0 N–H and O–H groups in total. The van der Waals surface area contributed by atoms with Crippen LogP contribution in [0.15, 0.2) is 48.5 Å². The first-order chi connectivity index (χ1) is 8.68. The lowest BCUT2D eigenvalue weighted by Gasteiger charge is -1.99. The number of nitrogens with zero attached hydrogens (tertiary/aromatic N) is 2. The molecule has 0 fully saturated rings. The molecule has 0 aliphatic carbocycles. The normalized spacial score (nSPS) is 10.5. The van der Waals surface area contributed by atoms with Gasteiger partial charge in [-0.3, -0.25) is 0 Å². The maximum atomic E-state index is 2.25. The number of halogens is 1. The fourth-order valence-electron chi connectivity index (χ4n) is 2.57. The lowest BCUT2D eigenvalue weighted by molar-refractivity contribution is -0.634. The van der Waals surface area contributed by atoms with E-state index in [2.05, 4.69) is 78.7 Å². The van der Waals surface area contributed by atoms with Gasteiger partial charge in [-0.1, -0.05) is 29.8 Å². The molecule has 2 aromatic carbocycles. The summed E-state index contributed by atoms with van der Waals surface area (Å²) in [6, 6.07) is 17.2. The second kappa shape index (κ2) is 5.33. The van der Waals surface area contributed by atoms with Crippen LogP contribution in [0.2, 0.25) is 0 Å². The molecule has 3 rings (SSSR count). The SMILES string of the molecule is Cc1ccc(-c2n(C)c3ccccc3[n+]2C)cc1.[I-]. The van der Waals surface area contributed by atoms with Crippen molar-refractivity contribution < 1.29 is 28.5 Å². The molecule has 0 unspecified atom stereocenters. The van der Waals surface area contributed by atoms with Crippen molar-refractivity contribution in [2.24, 2.45) is 14.1 Å². The summed E-state index contributed by atoms with van der Waals surface area (Å²) in [5.41, 5.74) is 5.06. The molecule has 0 bridgehead atoms. The predicted molar refractivity (Wildman–Crippen MR) is 74.3 cm³/mol. The van der Waals surface area contributed by atoms with Gasteiger partial charge in [0.1, 0.15) is 0 Å². The Morgan fingerprint density at radius 3 is 2.21 bits per heavy atom. The molecule has 0 amide bonds. The van der Waals surface area contributed by atoms with Crippen molar-refractivity contribution >= 4 is 11.0 Å². The van der Waals surface area contributed by atoms with Gasteiger partial charge in [0, 0.05) is 0 Å². The lowest BCUT2D eigenvalue weighted by Crippen LogP contribution is -3.00.